The molecule has 3 N–H and O–H groups in total. The fourth-order valence-electron chi connectivity index (χ4n) is 3.05. The van der Waals surface area contributed by atoms with Crippen LogP contribution in [-0.2, 0) is 0 Å². The molecule has 0 spiro atoms. The molecule has 3 aromatic heterocycles. The summed E-state index contributed by atoms with van der Waals surface area (Å²) < 4.78 is 0. The molecule has 1 aromatic carbocycles. The van der Waals surface area contributed by atoms with Gasteiger partial charge in [-0.1, -0.05) is 18.2 Å². The van der Waals surface area contributed by atoms with E-state index < -0.39 is 5.91 Å². The van der Waals surface area contributed by atoms with Gasteiger partial charge in [0.2, 0.25) is 0 Å². The van der Waals surface area contributed by atoms with Crippen molar-refractivity contribution in [2.75, 3.05) is 17.7 Å². The number of hydrogen-bond acceptors (Lipinski definition) is 6. The number of fused-ring (bicyclic) bond motifs is 1. The van der Waals surface area contributed by atoms with Crippen LogP contribution in [0, 0.1) is 6.92 Å². The molecule has 0 atom stereocenters. The van der Waals surface area contributed by atoms with Crippen LogP contribution >= 0.6 is 0 Å². The summed E-state index contributed by atoms with van der Waals surface area (Å²) in [4.78, 5) is 37.8. The third-order valence-corrected chi connectivity index (χ3v) is 4.75. The molecule has 3 heterocycles. The minimum atomic E-state index is -0.414. The minimum Gasteiger partial charge on any atom is -0.355 e. The van der Waals surface area contributed by atoms with E-state index in [4.69, 9.17) is 0 Å². The number of pyridine rings is 3. The molecule has 0 bridgehead atoms. The molecule has 154 valence electrons. The molecule has 0 saturated heterocycles. The molecular formula is C23H20N6O2. The molecule has 2 amide bonds. The second kappa shape index (κ2) is 8.58. The van der Waals surface area contributed by atoms with Crippen LogP contribution in [-0.4, -0.2) is 33.8 Å². The van der Waals surface area contributed by atoms with Gasteiger partial charge >= 0.3 is 0 Å². The summed E-state index contributed by atoms with van der Waals surface area (Å²) in [6.07, 6.45) is 4.76. The monoisotopic (exact) mass is 412 g/mol. The van der Waals surface area contributed by atoms with E-state index in [1.807, 2.05) is 31.2 Å². The standard InChI is InChI=1S/C23H20N6O2/c1-14-5-3-4-6-17(14)28-21-20(11-16(13-26-21)22(30)24-2)29-23(31)19-8-7-15-12-25-10-9-18(15)27-19/h3-13H,1-2H3,(H,24,30)(H,26,28)(H,29,31). The van der Waals surface area contributed by atoms with Gasteiger partial charge in [-0.25, -0.2) is 9.97 Å². The molecular weight excluding hydrogens is 392 g/mol. The van der Waals surface area contributed by atoms with Gasteiger partial charge in [0.25, 0.3) is 11.8 Å². The highest BCUT2D eigenvalue weighted by atomic mass is 16.2. The Balaban J connectivity index is 1.69. The van der Waals surface area contributed by atoms with Crippen LogP contribution in [0.1, 0.15) is 26.4 Å². The summed E-state index contributed by atoms with van der Waals surface area (Å²) >= 11 is 0. The van der Waals surface area contributed by atoms with E-state index in [1.54, 1.807) is 36.7 Å². The zero-order valence-electron chi connectivity index (χ0n) is 17.0. The Hall–Kier alpha value is -4.33. The summed E-state index contributed by atoms with van der Waals surface area (Å²) in [5.41, 5.74) is 3.46. The van der Waals surface area contributed by atoms with E-state index in [2.05, 4.69) is 30.9 Å². The molecule has 0 unspecified atom stereocenters. The fraction of sp³-hybridized carbons (Fsp3) is 0.0870. The highest BCUT2D eigenvalue weighted by Crippen LogP contribution is 2.26. The first-order chi connectivity index (χ1) is 15.0. The van der Waals surface area contributed by atoms with Gasteiger partial charge in [0.1, 0.15) is 5.69 Å². The maximum absolute atomic E-state index is 12.9. The fourth-order valence-corrected chi connectivity index (χ4v) is 3.05. The van der Waals surface area contributed by atoms with Crippen molar-refractivity contribution >= 4 is 39.9 Å². The van der Waals surface area contributed by atoms with E-state index in [9.17, 15) is 9.59 Å². The molecule has 4 rings (SSSR count). The lowest BCUT2D eigenvalue weighted by Gasteiger charge is -2.15. The number of carbonyl (C=O) groups excluding carboxylic acids is 2. The molecule has 0 aliphatic heterocycles. The van der Waals surface area contributed by atoms with Crippen molar-refractivity contribution in [2.24, 2.45) is 0 Å². The van der Waals surface area contributed by atoms with Crippen molar-refractivity contribution in [3.8, 4) is 0 Å². The molecule has 0 aliphatic rings. The molecule has 0 saturated carbocycles. The number of nitrogens with zero attached hydrogens (tertiary/aromatic N) is 3. The summed E-state index contributed by atoms with van der Waals surface area (Å²) in [7, 11) is 1.54. The summed E-state index contributed by atoms with van der Waals surface area (Å²) in [6.45, 7) is 1.97. The van der Waals surface area contributed by atoms with Gasteiger partial charge in [-0.05, 0) is 42.8 Å². The van der Waals surface area contributed by atoms with Gasteiger partial charge in [0.15, 0.2) is 5.82 Å². The highest BCUT2D eigenvalue weighted by molar-refractivity contribution is 6.06. The molecule has 8 heteroatoms. The van der Waals surface area contributed by atoms with Crippen molar-refractivity contribution in [2.45, 2.75) is 6.92 Å². The number of hydrogen-bond donors (Lipinski definition) is 3. The predicted molar refractivity (Wildman–Crippen MR) is 120 cm³/mol. The summed E-state index contributed by atoms with van der Waals surface area (Å²) in [6, 6.07) is 14.5. The van der Waals surface area contributed by atoms with Gasteiger partial charge in [0.05, 0.1) is 16.8 Å². The van der Waals surface area contributed by atoms with Crippen LogP contribution in [0.25, 0.3) is 10.9 Å². The van der Waals surface area contributed by atoms with Gasteiger partial charge in [-0.2, -0.15) is 0 Å². The molecule has 31 heavy (non-hydrogen) atoms. The number of anilines is 3. The lowest BCUT2D eigenvalue weighted by atomic mass is 10.2. The first kappa shape index (κ1) is 20.0. The number of rotatable bonds is 5. The average Bonchev–Trinajstić information content (AvgIpc) is 2.80. The van der Waals surface area contributed by atoms with E-state index in [0.29, 0.717) is 22.6 Å². The Kier molecular flexibility index (Phi) is 5.53. The topological polar surface area (TPSA) is 109 Å². The first-order valence-corrected chi connectivity index (χ1v) is 9.62. The Bertz CT molecular complexity index is 1290. The van der Waals surface area contributed by atoms with Crippen molar-refractivity contribution in [3.05, 3.63) is 83.9 Å². The van der Waals surface area contributed by atoms with Crippen molar-refractivity contribution in [1.82, 2.24) is 20.3 Å². The summed E-state index contributed by atoms with van der Waals surface area (Å²) in [5, 5.41) is 9.45. The predicted octanol–water partition coefficient (Wildman–Crippen LogP) is 3.69. The average molecular weight is 412 g/mol. The second-order valence-corrected chi connectivity index (χ2v) is 6.86. The molecule has 0 aliphatic carbocycles. The van der Waals surface area contributed by atoms with Crippen LogP contribution in [0.4, 0.5) is 17.2 Å². The Morgan fingerprint density at radius 1 is 0.935 bits per heavy atom. The zero-order chi connectivity index (χ0) is 21.8. The van der Waals surface area contributed by atoms with E-state index in [1.165, 1.54) is 13.2 Å². The van der Waals surface area contributed by atoms with Gasteiger partial charge in [-0.3, -0.25) is 14.6 Å². The lowest BCUT2D eigenvalue weighted by molar-refractivity contribution is 0.0961. The number of nitrogens with one attached hydrogen (secondary N) is 3. The number of carbonyl (C=O) groups is 2. The third kappa shape index (κ3) is 4.32. The number of aromatic nitrogens is 3. The molecule has 4 aromatic rings. The maximum atomic E-state index is 12.9. The Morgan fingerprint density at radius 3 is 2.58 bits per heavy atom. The largest absolute Gasteiger partial charge is 0.355 e. The zero-order valence-corrected chi connectivity index (χ0v) is 17.0. The lowest BCUT2D eigenvalue weighted by Crippen LogP contribution is -2.20. The van der Waals surface area contributed by atoms with Gasteiger partial charge in [0, 0.05) is 36.7 Å². The highest BCUT2D eigenvalue weighted by Gasteiger charge is 2.16. The maximum Gasteiger partial charge on any atom is 0.274 e. The number of benzene rings is 1. The minimum absolute atomic E-state index is 0.242. The van der Waals surface area contributed by atoms with Crippen molar-refractivity contribution < 1.29 is 9.59 Å². The van der Waals surface area contributed by atoms with Crippen LogP contribution < -0.4 is 16.0 Å². The van der Waals surface area contributed by atoms with Crippen molar-refractivity contribution in [1.29, 1.82) is 0 Å². The summed E-state index contributed by atoms with van der Waals surface area (Å²) in [5.74, 6) is -0.301. The van der Waals surface area contributed by atoms with Gasteiger partial charge in [-0.15, -0.1) is 0 Å². The Labute approximate surface area is 178 Å². The van der Waals surface area contributed by atoms with Crippen LogP contribution in [0.3, 0.4) is 0 Å². The van der Waals surface area contributed by atoms with E-state index in [-0.39, 0.29) is 11.6 Å². The Morgan fingerprint density at radius 2 is 1.77 bits per heavy atom. The van der Waals surface area contributed by atoms with E-state index >= 15 is 0 Å². The van der Waals surface area contributed by atoms with Crippen LogP contribution in [0.5, 0.6) is 0 Å². The normalized spacial score (nSPS) is 10.5. The number of para-hydroxylation sites is 1. The van der Waals surface area contributed by atoms with E-state index in [0.717, 1.165) is 16.6 Å². The molecule has 0 fully saturated rings. The quantitative estimate of drug-likeness (QED) is 0.461. The third-order valence-electron chi connectivity index (χ3n) is 4.75. The SMILES string of the molecule is CNC(=O)c1cnc(Nc2ccccc2C)c(NC(=O)c2ccc3cnccc3n2)c1. The van der Waals surface area contributed by atoms with Crippen molar-refractivity contribution in [3.63, 3.8) is 0 Å². The molecule has 0 radical (unpaired) electrons. The van der Waals surface area contributed by atoms with Crippen LogP contribution in [0.15, 0.2) is 67.1 Å². The number of amides is 2. The van der Waals surface area contributed by atoms with Gasteiger partial charge < -0.3 is 16.0 Å². The van der Waals surface area contributed by atoms with Crippen LogP contribution in [0.2, 0.25) is 0 Å². The molecule has 8 nitrogen and oxygen atoms in total. The number of aryl methyl sites for hydroxylation is 1. The smallest absolute Gasteiger partial charge is 0.274 e. The second-order valence-electron chi connectivity index (χ2n) is 6.86. The first-order valence-electron chi connectivity index (χ1n) is 9.62.